The van der Waals surface area contributed by atoms with Gasteiger partial charge in [0.2, 0.25) is 5.78 Å². The third-order valence-corrected chi connectivity index (χ3v) is 6.46. The highest BCUT2D eigenvalue weighted by atomic mass is 16.6. The number of non-ortho nitro benzene ring substituents is 1. The van der Waals surface area contributed by atoms with Crippen molar-refractivity contribution in [3.8, 4) is 0 Å². The van der Waals surface area contributed by atoms with E-state index in [4.69, 9.17) is 9.72 Å². The smallest absolute Gasteiger partial charge is 0.287 e. The van der Waals surface area contributed by atoms with E-state index in [1.54, 1.807) is 29.1 Å². The van der Waals surface area contributed by atoms with Crippen LogP contribution in [-0.2, 0) is 17.7 Å². The molecule has 1 aliphatic rings. The van der Waals surface area contributed by atoms with E-state index in [2.05, 4.69) is 4.98 Å². The average molecular weight is 452 g/mol. The molecule has 0 aliphatic carbocycles. The second kappa shape index (κ2) is 8.09. The van der Waals surface area contributed by atoms with E-state index in [0.717, 1.165) is 12.0 Å². The minimum atomic E-state index is -0.735. The number of nitro groups is 1. The summed E-state index contributed by atoms with van der Waals surface area (Å²) in [4.78, 5) is 32.4. The topological polar surface area (TPSA) is 130 Å². The van der Waals surface area contributed by atoms with Crippen molar-refractivity contribution < 1.29 is 14.8 Å². The van der Waals surface area contributed by atoms with Gasteiger partial charge in [0.15, 0.2) is 17.4 Å². The Hall–Kier alpha value is -3.57. The Morgan fingerprint density at radius 3 is 2.67 bits per heavy atom. The van der Waals surface area contributed by atoms with Gasteiger partial charge in [-0.25, -0.2) is 9.38 Å². The quantitative estimate of drug-likeness (QED) is 0.351. The van der Waals surface area contributed by atoms with Crippen LogP contribution in [0.15, 0.2) is 47.8 Å². The van der Waals surface area contributed by atoms with E-state index in [1.165, 1.54) is 22.9 Å². The molecule has 1 fully saturated rings. The van der Waals surface area contributed by atoms with Gasteiger partial charge in [-0.3, -0.25) is 19.5 Å². The maximum Gasteiger partial charge on any atom is 0.287 e. The van der Waals surface area contributed by atoms with Crippen molar-refractivity contribution >= 4 is 22.6 Å². The molecule has 5 rings (SSSR count). The van der Waals surface area contributed by atoms with Gasteiger partial charge in [-0.1, -0.05) is 26.0 Å². The Labute approximate surface area is 188 Å². The van der Waals surface area contributed by atoms with E-state index < -0.39 is 17.3 Å². The normalized spacial score (nSPS) is 23.0. The molecule has 1 saturated heterocycles. The lowest BCUT2D eigenvalue weighted by molar-refractivity contribution is -0.384. The molecule has 4 aromatic rings. The fourth-order valence-corrected chi connectivity index (χ4v) is 4.48. The maximum absolute atomic E-state index is 13.0. The second-order valence-corrected chi connectivity index (χ2v) is 8.40. The average Bonchev–Trinajstić information content (AvgIpc) is 3.50. The van der Waals surface area contributed by atoms with Crippen molar-refractivity contribution in [3.05, 3.63) is 69.0 Å². The maximum atomic E-state index is 13.0. The first-order valence-corrected chi connectivity index (χ1v) is 10.9. The fourth-order valence-electron chi connectivity index (χ4n) is 4.48. The zero-order valence-electron chi connectivity index (χ0n) is 18.2. The highest BCUT2D eigenvalue weighted by molar-refractivity contribution is 5.72. The molecular weight excluding hydrogens is 428 g/mol. The van der Waals surface area contributed by atoms with Crippen LogP contribution in [0.5, 0.6) is 0 Å². The largest absolute Gasteiger partial charge is 0.388 e. The molecule has 0 radical (unpaired) electrons. The van der Waals surface area contributed by atoms with Crippen LogP contribution in [0.3, 0.4) is 0 Å². The van der Waals surface area contributed by atoms with Gasteiger partial charge in [-0.2, -0.15) is 4.98 Å². The first-order valence-electron chi connectivity index (χ1n) is 10.9. The number of aryl methyl sites for hydroxylation is 2. The highest BCUT2D eigenvalue weighted by Crippen LogP contribution is 2.36. The molecule has 11 nitrogen and oxygen atoms in total. The summed E-state index contributed by atoms with van der Waals surface area (Å²) < 4.78 is 11.0. The van der Waals surface area contributed by atoms with Crippen LogP contribution in [0, 0.1) is 16.0 Å². The number of benzene rings is 1. The Bertz CT molecular complexity index is 1390. The number of hydrogen-bond acceptors (Lipinski definition) is 7. The summed E-state index contributed by atoms with van der Waals surface area (Å²) in [6.45, 7) is 4.48. The number of aliphatic hydroxyl groups is 1. The second-order valence-electron chi connectivity index (χ2n) is 8.40. The van der Waals surface area contributed by atoms with Gasteiger partial charge in [-0.05, 0) is 18.4 Å². The summed E-state index contributed by atoms with van der Waals surface area (Å²) in [6.07, 6.45) is 4.82. The number of ether oxygens (including phenoxy) is 1. The Morgan fingerprint density at radius 1 is 1.24 bits per heavy atom. The van der Waals surface area contributed by atoms with Gasteiger partial charge < -0.3 is 14.4 Å². The van der Waals surface area contributed by atoms with E-state index in [9.17, 15) is 20.0 Å². The van der Waals surface area contributed by atoms with Gasteiger partial charge >= 0.3 is 0 Å². The Morgan fingerprint density at radius 2 is 2.00 bits per heavy atom. The Balaban J connectivity index is 1.49. The van der Waals surface area contributed by atoms with Gasteiger partial charge in [-0.15, -0.1) is 0 Å². The van der Waals surface area contributed by atoms with E-state index >= 15 is 0 Å². The molecule has 33 heavy (non-hydrogen) atoms. The first-order chi connectivity index (χ1) is 15.9. The molecule has 4 atom stereocenters. The lowest BCUT2D eigenvalue weighted by atomic mass is 9.99. The van der Waals surface area contributed by atoms with Gasteiger partial charge in [0.1, 0.15) is 6.10 Å². The Kier molecular flexibility index (Phi) is 5.22. The SMILES string of the molecule is CC[C@H]1O[C@@H](n2cnc3c(=O)n4ccn(CCc5ccc([N+](=O)[O-])cc5)c4nc32)[C@H](O)[C@@H]1C. The number of aromatic nitrogens is 5. The van der Waals surface area contributed by atoms with Crippen LogP contribution >= 0.6 is 0 Å². The molecule has 0 amide bonds. The van der Waals surface area contributed by atoms with Crippen molar-refractivity contribution in [2.45, 2.75) is 51.7 Å². The van der Waals surface area contributed by atoms with E-state index in [1.807, 2.05) is 18.4 Å². The van der Waals surface area contributed by atoms with Crippen LogP contribution in [0.1, 0.15) is 32.1 Å². The molecule has 3 aromatic heterocycles. The molecule has 4 heterocycles. The third kappa shape index (κ3) is 3.49. The predicted octanol–water partition coefficient (Wildman–Crippen LogP) is 2.30. The summed E-state index contributed by atoms with van der Waals surface area (Å²) >= 11 is 0. The van der Waals surface area contributed by atoms with Crippen LogP contribution in [0.2, 0.25) is 0 Å². The van der Waals surface area contributed by atoms with Crippen molar-refractivity contribution in [1.82, 2.24) is 23.5 Å². The van der Waals surface area contributed by atoms with Crippen molar-refractivity contribution in [1.29, 1.82) is 0 Å². The lowest BCUT2D eigenvalue weighted by Crippen LogP contribution is -2.24. The molecular formula is C22H24N6O5. The molecule has 11 heteroatoms. The number of nitrogens with zero attached hydrogens (tertiary/aromatic N) is 6. The van der Waals surface area contributed by atoms with Gasteiger partial charge in [0.05, 0.1) is 17.4 Å². The highest BCUT2D eigenvalue weighted by Gasteiger charge is 2.41. The van der Waals surface area contributed by atoms with Crippen LogP contribution in [0.25, 0.3) is 16.9 Å². The van der Waals surface area contributed by atoms with Crippen LogP contribution < -0.4 is 5.56 Å². The number of fused-ring (bicyclic) bond motifs is 2. The molecule has 1 aliphatic heterocycles. The van der Waals surface area contributed by atoms with Crippen molar-refractivity contribution in [2.24, 2.45) is 5.92 Å². The minimum Gasteiger partial charge on any atom is -0.388 e. The summed E-state index contributed by atoms with van der Waals surface area (Å²) in [5, 5.41) is 21.6. The van der Waals surface area contributed by atoms with Crippen LogP contribution in [0.4, 0.5) is 5.69 Å². The molecule has 1 N–H and O–H groups in total. The van der Waals surface area contributed by atoms with Crippen molar-refractivity contribution in [3.63, 3.8) is 0 Å². The number of nitro benzene ring substituents is 1. The number of imidazole rings is 2. The van der Waals surface area contributed by atoms with E-state index in [-0.39, 0.29) is 28.8 Å². The zero-order valence-corrected chi connectivity index (χ0v) is 18.2. The molecule has 0 unspecified atom stereocenters. The predicted molar refractivity (Wildman–Crippen MR) is 119 cm³/mol. The molecule has 0 bridgehead atoms. The monoisotopic (exact) mass is 452 g/mol. The van der Waals surface area contributed by atoms with Crippen molar-refractivity contribution in [2.75, 3.05) is 0 Å². The van der Waals surface area contributed by atoms with Crippen LogP contribution in [-0.4, -0.2) is 45.7 Å². The third-order valence-electron chi connectivity index (χ3n) is 6.46. The summed E-state index contributed by atoms with van der Waals surface area (Å²) in [6, 6.07) is 6.40. The summed E-state index contributed by atoms with van der Waals surface area (Å²) in [5.41, 5.74) is 1.26. The zero-order chi connectivity index (χ0) is 23.3. The molecule has 1 aromatic carbocycles. The standard InChI is InChI=1S/C22H24N6O5/c1-3-16-13(2)18(29)21(33-16)27-12-23-17-19(27)24-22-25(10-11-26(22)20(17)30)9-8-14-4-6-15(7-5-14)28(31)32/h4-7,10-13,16,18,21,29H,3,8-9H2,1-2H3/t13-,16-,18-,21-/m1/s1. The number of rotatable bonds is 6. The number of aliphatic hydroxyl groups excluding tert-OH is 1. The fraction of sp³-hybridized carbons (Fsp3) is 0.409. The van der Waals surface area contributed by atoms with Gasteiger partial charge in [0, 0.05) is 37.0 Å². The van der Waals surface area contributed by atoms with Gasteiger partial charge in [0.25, 0.3) is 11.2 Å². The summed E-state index contributed by atoms with van der Waals surface area (Å²) in [7, 11) is 0. The molecule has 0 saturated carbocycles. The number of hydrogen-bond donors (Lipinski definition) is 1. The minimum absolute atomic E-state index is 0.0463. The van der Waals surface area contributed by atoms with E-state index in [0.29, 0.717) is 24.4 Å². The summed E-state index contributed by atoms with van der Waals surface area (Å²) in [5.74, 6) is 0.400. The molecule has 0 spiro atoms. The lowest BCUT2D eigenvalue weighted by Gasteiger charge is -2.17. The molecule has 172 valence electrons. The first kappa shape index (κ1) is 21.3.